The van der Waals surface area contributed by atoms with Crippen molar-refractivity contribution in [1.29, 1.82) is 0 Å². The molecule has 1 aromatic heterocycles. The van der Waals surface area contributed by atoms with E-state index in [1.807, 2.05) is 6.07 Å². The fourth-order valence-electron chi connectivity index (χ4n) is 4.13. The van der Waals surface area contributed by atoms with Gasteiger partial charge in [-0.1, -0.05) is 30.3 Å². The Morgan fingerprint density at radius 2 is 1.92 bits per heavy atom. The molecule has 6 heteroatoms. The highest BCUT2D eigenvalue weighted by Gasteiger charge is 2.42. The molecule has 2 aliphatic rings. The molecule has 1 aromatic carbocycles. The van der Waals surface area contributed by atoms with Crippen LogP contribution >= 0.6 is 11.8 Å². The Kier molecular flexibility index (Phi) is 4.65. The van der Waals surface area contributed by atoms with Gasteiger partial charge in [0.05, 0.1) is 12.4 Å². The predicted molar refractivity (Wildman–Crippen MR) is 98.3 cm³/mol. The molecule has 2 fully saturated rings. The molecule has 1 atom stereocenters. The van der Waals surface area contributed by atoms with E-state index in [0.29, 0.717) is 21.4 Å². The molecule has 2 aromatic rings. The lowest BCUT2D eigenvalue weighted by Gasteiger charge is -2.42. The number of rotatable bonds is 3. The van der Waals surface area contributed by atoms with Crippen LogP contribution in [-0.2, 0) is 0 Å². The van der Waals surface area contributed by atoms with Gasteiger partial charge in [-0.2, -0.15) is 0 Å². The molecule has 1 aliphatic carbocycles. The lowest BCUT2D eigenvalue weighted by molar-refractivity contribution is 0.197. The highest BCUT2D eigenvalue weighted by molar-refractivity contribution is 7.99. The first-order chi connectivity index (χ1) is 12.2. The number of anilines is 1. The number of hydrogen-bond acceptors (Lipinski definition) is 5. The van der Waals surface area contributed by atoms with E-state index < -0.39 is 0 Å². The standard InChI is InChI=1S/C19H23FN4S/c20-14-4-1-2-5-15(14)25-18-13-22-17(12-23-18)24-10-8-19(9-11-24)7-3-6-16(19)21/h1-2,4-5,12-13,16H,3,6-11,21H2/t16-/m1/s1. The molecule has 25 heavy (non-hydrogen) atoms. The fourth-order valence-corrected chi connectivity index (χ4v) is 4.88. The largest absolute Gasteiger partial charge is 0.355 e. The topological polar surface area (TPSA) is 55.0 Å². The Morgan fingerprint density at radius 3 is 2.56 bits per heavy atom. The van der Waals surface area contributed by atoms with Crippen molar-refractivity contribution in [3.63, 3.8) is 0 Å². The minimum absolute atomic E-state index is 0.229. The summed E-state index contributed by atoms with van der Waals surface area (Å²) in [4.78, 5) is 11.9. The van der Waals surface area contributed by atoms with E-state index in [9.17, 15) is 4.39 Å². The average Bonchev–Trinajstić information content (AvgIpc) is 2.99. The molecule has 1 saturated carbocycles. The van der Waals surface area contributed by atoms with Gasteiger partial charge in [-0.25, -0.2) is 14.4 Å². The zero-order valence-corrected chi connectivity index (χ0v) is 15.0. The maximum absolute atomic E-state index is 13.7. The summed E-state index contributed by atoms with van der Waals surface area (Å²) in [6.07, 6.45) is 9.52. The first kappa shape index (κ1) is 16.8. The molecular weight excluding hydrogens is 335 g/mol. The Hall–Kier alpha value is -1.66. The molecule has 0 radical (unpaired) electrons. The third-order valence-corrected chi connectivity index (χ3v) is 6.70. The van der Waals surface area contributed by atoms with Gasteiger partial charge < -0.3 is 10.6 Å². The molecule has 132 valence electrons. The van der Waals surface area contributed by atoms with Crippen LogP contribution in [0.15, 0.2) is 46.6 Å². The predicted octanol–water partition coefficient (Wildman–Crippen LogP) is 3.86. The van der Waals surface area contributed by atoms with Crippen LogP contribution in [0.5, 0.6) is 0 Å². The van der Waals surface area contributed by atoms with Crippen LogP contribution in [0.4, 0.5) is 10.2 Å². The molecule has 1 aliphatic heterocycles. The number of nitrogens with two attached hydrogens (primary N) is 1. The van der Waals surface area contributed by atoms with E-state index in [1.165, 1.54) is 37.1 Å². The summed E-state index contributed by atoms with van der Waals surface area (Å²) in [7, 11) is 0. The van der Waals surface area contributed by atoms with E-state index in [2.05, 4.69) is 14.9 Å². The Bertz CT molecular complexity index is 728. The normalized spacial score (nSPS) is 22.5. The molecule has 1 spiro atoms. The summed E-state index contributed by atoms with van der Waals surface area (Å²) in [6.45, 7) is 1.98. The SMILES string of the molecule is N[C@@H]1CCCC12CCN(c1cnc(Sc3ccccc3F)cn1)CC2. The van der Waals surface area contributed by atoms with Crippen molar-refractivity contribution < 1.29 is 4.39 Å². The quantitative estimate of drug-likeness (QED) is 0.903. The zero-order valence-electron chi connectivity index (χ0n) is 14.2. The summed E-state index contributed by atoms with van der Waals surface area (Å²) in [5.74, 6) is 0.673. The van der Waals surface area contributed by atoms with Crippen molar-refractivity contribution in [1.82, 2.24) is 9.97 Å². The van der Waals surface area contributed by atoms with E-state index in [0.717, 1.165) is 31.7 Å². The van der Waals surface area contributed by atoms with Crippen molar-refractivity contribution >= 4 is 17.6 Å². The second-order valence-electron chi connectivity index (χ2n) is 7.09. The third kappa shape index (κ3) is 3.37. The molecule has 0 unspecified atom stereocenters. The summed E-state index contributed by atoms with van der Waals surface area (Å²) < 4.78 is 13.7. The zero-order chi connectivity index (χ0) is 17.3. The minimum atomic E-state index is -0.229. The van der Waals surface area contributed by atoms with Crippen LogP contribution in [-0.4, -0.2) is 29.1 Å². The first-order valence-corrected chi connectivity index (χ1v) is 9.73. The van der Waals surface area contributed by atoms with Crippen molar-refractivity contribution in [3.8, 4) is 0 Å². The number of piperidine rings is 1. The van der Waals surface area contributed by atoms with Crippen LogP contribution < -0.4 is 10.6 Å². The lowest BCUT2D eigenvalue weighted by atomic mass is 9.74. The smallest absolute Gasteiger partial charge is 0.147 e. The van der Waals surface area contributed by atoms with Crippen molar-refractivity contribution in [2.45, 2.75) is 48.1 Å². The van der Waals surface area contributed by atoms with Gasteiger partial charge >= 0.3 is 0 Å². The van der Waals surface area contributed by atoms with Gasteiger partial charge in [0.2, 0.25) is 0 Å². The molecule has 2 heterocycles. The van der Waals surface area contributed by atoms with Crippen LogP contribution in [0.2, 0.25) is 0 Å². The van der Waals surface area contributed by atoms with E-state index in [-0.39, 0.29) is 5.82 Å². The van der Waals surface area contributed by atoms with E-state index in [1.54, 1.807) is 24.5 Å². The average molecular weight is 358 g/mol. The highest BCUT2D eigenvalue weighted by atomic mass is 32.2. The molecule has 2 N–H and O–H groups in total. The molecule has 0 amide bonds. The second-order valence-corrected chi connectivity index (χ2v) is 8.16. The molecular formula is C19H23FN4S. The Balaban J connectivity index is 1.40. The van der Waals surface area contributed by atoms with Gasteiger partial charge in [0.25, 0.3) is 0 Å². The van der Waals surface area contributed by atoms with Gasteiger partial charge in [0.15, 0.2) is 0 Å². The number of aromatic nitrogens is 2. The summed E-state index contributed by atoms with van der Waals surface area (Å²) in [5, 5.41) is 0.708. The van der Waals surface area contributed by atoms with Gasteiger partial charge in [-0.05, 0) is 43.2 Å². The molecule has 1 saturated heterocycles. The molecule has 4 rings (SSSR count). The summed E-state index contributed by atoms with van der Waals surface area (Å²) in [5.41, 5.74) is 6.71. The molecule has 4 nitrogen and oxygen atoms in total. The Morgan fingerprint density at radius 1 is 1.12 bits per heavy atom. The first-order valence-electron chi connectivity index (χ1n) is 8.91. The van der Waals surface area contributed by atoms with E-state index in [4.69, 9.17) is 5.73 Å². The van der Waals surface area contributed by atoms with Crippen molar-refractivity contribution in [2.24, 2.45) is 11.1 Å². The lowest BCUT2D eigenvalue weighted by Crippen LogP contribution is -2.47. The molecule has 0 bridgehead atoms. The van der Waals surface area contributed by atoms with Crippen LogP contribution in [0.1, 0.15) is 32.1 Å². The van der Waals surface area contributed by atoms with Crippen LogP contribution in [0.3, 0.4) is 0 Å². The minimum Gasteiger partial charge on any atom is -0.355 e. The monoisotopic (exact) mass is 358 g/mol. The van der Waals surface area contributed by atoms with Crippen molar-refractivity contribution in [3.05, 3.63) is 42.5 Å². The second kappa shape index (κ2) is 6.92. The number of hydrogen-bond donors (Lipinski definition) is 1. The fraction of sp³-hybridized carbons (Fsp3) is 0.474. The third-order valence-electron chi connectivity index (χ3n) is 5.73. The van der Waals surface area contributed by atoms with Gasteiger partial charge in [-0.15, -0.1) is 0 Å². The van der Waals surface area contributed by atoms with E-state index >= 15 is 0 Å². The number of halogens is 1. The van der Waals surface area contributed by atoms with Crippen LogP contribution in [0, 0.1) is 11.2 Å². The summed E-state index contributed by atoms with van der Waals surface area (Å²) in [6, 6.07) is 7.09. The number of benzene rings is 1. The highest BCUT2D eigenvalue weighted by Crippen LogP contribution is 2.45. The van der Waals surface area contributed by atoms with Gasteiger partial charge in [0.1, 0.15) is 16.7 Å². The summed E-state index contributed by atoms with van der Waals surface area (Å²) >= 11 is 1.30. The number of nitrogens with zero attached hydrogens (tertiary/aromatic N) is 3. The van der Waals surface area contributed by atoms with Gasteiger partial charge in [-0.3, -0.25) is 0 Å². The van der Waals surface area contributed by atoms with Gasteiger partial charge in [0, 0.05) is 24.0 Å². The maximum atomic E-state index is 13.7. The van der Waals surface area contributed by atoms with Crippen molar-refractivity contribution in [2.75, 3.05) is 18.0 Å². The van der Waals surface area contributed by atoms with Crippen LogP contribution in [0.25, 0.3) is 0 Å². The maximum Gasteiger partial charge on any atom is 0.147 e. The Labute approximate surface area is 152 Å².